The number of nitrogens with zero attached hydrogens (tertiary/aromatic N) is 3. The van der Waals surface area contributed by atoms with Crippen LogP contribution in [0.3, 0.4) is 0 Å². The molecule has 1 heterocycles. The van der Waals surface area contributed by atoms with E-state index in [4.69, 9.17) is 4.74 Å². The van der Waals surface area contributed by atoms with E-state index in [1.54, 1.807) is 25.1 Å². The van der Waals surface area contributed by atoms with Gasteiger partial charge < -0.3 is 15.0 Å². The Morgan fingerprint density at radius 2 is 2.10 bits per heavy atom. The lowest BCUT2D eigenvalue weighted by atomic mass is 10.4. The van der Waals surface area contributed by atoms with Crippen molar-refractivity contribution < 1.29 is 13.2 Å². The van der Waals surface area contributed by atoms with Crippen LogP contribution in [0.2, 0.25) is 0 Å². The van der Waals surface area contributed by atoms with Gasteiger partial charge in [-0.25, -0.2) is 18.4 Å². The third kappa shape index (κ3) is 5.70. The van der Waals surface area contributed by atoms with Gasteiger partial charge in [0.05, 0.1) is 5.75 Å². The van der Waals surface area contributed by atoms with Crippen molar-refractivity contribution in [3.63, 3.8) is 0 Å². The molecule has 0 saturated heterocycles. The number of ether oxygens (including phenoxy) is 1. The molecule has 0 amide bonds. The van der Waals surface area contributed by atoms with Gasteiger partial charge in [0, 0.05) is 39.6 Å². The maximum Gasteiger partial charge on any atom is 0.158 e. The van der Waals surface area contributed by atoms with Gasteiger partial charge in [-0.05, 0) is 6.92 Å². The van der Waals surface area contributed by atoms with Crippen LogP contribution in [-0.4, -0.2) is 57.6 Å². The van der Waals surface area contributed by atoms with E-state index in [-0.39, 0.29) is 5.75 Å². The average molecular weight is 302 g/mol. The third-order valence-electron chi connectivity index (χ3n) is 2.58. The Kier molecular flexibility index (Phi) is 6.15. The van der Waals surface area contributed by atoms with Crippen molar-refractivity contribution in [3.05, 3.63) is 11.9 Å². The van der Waals surface area contributed by atoms with Crippen LogP contribution in [0, 0.1) is 0 Å². The molecule has 0 aliphatic rings. The smallest absolute Gasteiger partial charge is 0.158 e. The largest absolute Gasteiger partial charge is 0.377 e. The summed E-state index contributed by atoms with van der Waals surface area (Å²) < 4.78 is 27.5. The van der Waals surface area contributed by atoms with E-state index < -0.39 is 9.84 Å². The van der Waals surface area contributed by atoms with Gasteiger partial charge in [0.25, 0.3) is 0 Å². The van der Waals surface area contributed by atoms with Gasteiger partial charge in [0.2, 0.25) is 0 Å². The molecule has 0 aromatic carbocycles. The summed E-state index contributed by atoms with van der Waals surface area (Å²) in [5.41, 5.74) is 0. The fourth-order valence-corrected chi connectivity index (χ4v) is 2.17. The summed E-state index contributed by atoms with van der Waals surface area (Å²) in [5, 5.41) is 3.12. The van der Waals surface area contributed by atoms with Crippen LogP contribution in [-0.2, 0) is 21.2 Å². The molecule has 114 valence electrons. The van der Waals surface area contributed by atoms with Crippen molar-refractivity contribution in [2.75, 3.05) is 49.5 Å². The number of anilines is 2. The number of sulfone groups is 1. The molecule has 1 aromatic rings. The van der Waals surface area contributed by atoms with Crippen LogP contribution in [0.4, 0.5) is 11.6 Å². The predicted octanol–water partition coefficient (Wildman–Crippen LogP) is 0.536. The molecule has 7 nitrogen and oxygen atoms in total. The van der Waals surface area contributed by atoms with Crippen molar-refractivity contribution in [2.45, 2.75) is 13.5 Å². The zero-order valence-corrected chi connectivity index (χ0v) is 13.2. The Bertz CT molecular complexity index is 509. The zero-order chi connectivity index (χ0) is 15.2. The minimum atomic E-state index is -2.99. The number of hydrogen-bond donors (Lipinski definition) is 1. The summed E-state index contributed by atoms with van der Waals surface area (Å²) in [6.45, 7) is 3.42. The summed E-state index contributed by atoms with van der Waals surface area (Å²) >= 11 is 0. The highest BCUT2D eigenvalue weighted by Crippen LogP contribution is 2.15. The third-order valence-corrected chi connectivity index (χ3v) is 3.50. The second-order valence-electron chi connectivity index (χ2n) is 4.54. The molecule has 0 aliphatic carbocycles. The highest BCUT2D eigenvalue weighted by atomic mass is 32.2. The first kappa shape index (κ1) is 16.6. The van der Waals surface area contributed by atoms with Gasteiger partial charge in [0.1, 0.15) is 28.1 Å². The van der Waals surface area contributed by atoms with Gasteiger partial charge in [-0.1, -0.05) is 0 Å². The molecule has 0 radical (unpaired) electrons. The number of methoxy groups -OCH3 is 1. The number of rotatable bonds is 8. The fourth-order valence-electron chi connectivity index (χ4n) is 1.56. The van der Waals surface area contributed by atoms with Gasteiger partial charge >= 0.3 is 0 Å². The summed E-state index contributed by atoms with van der Waals surface area (Å²) in [5.74, 6) is 2.03. The predicted molar refractivity (Wildman–Crippen MR) is 79.9 cm³/mol. The van der Waals surface area contributed by atoms with Crippen LogP contribution in [0.1, 0.15) is 12.7 Å². The highest BCUT2D eigenvalue weighted by Gasteiger charge is 2.11. The van der Waals surface area contributed by atoms with Gasteiger partial charge in [-0.2, -0.15) is 0 Å². The van der Waals surface area contributed by atoms with Crippen molar-refractivity contribution in [2.24, 2.45) is 0 Å². The van der Waals surface area contributed by atoms with Crippen molar-refractivity contribution in [1.29, 1.82) is 0 Å². The molecule has 0 aliphatic heterocycles. The number of aromatic nitrogens is 2. The van der Waals surface area contributed by atoms with E-state index >= 15 is 0 Å². The van der Waals surface area contributed by atoms with Crippen molar-refractivity contribution in [1.82, 2.24) is 9.97 Å². The van der Waals surface area contributed by atoms with Gasteiger partial charge in [-0.15, -0.1) is 0 Å². The normalized spacial score (nSPS) is 11.4. The Balaban J connectivity index is 2.90. The first-order valence-corrected chi connectivity index (χ1v) is 8.41. The standard InChI is InChI=1S/C12H22N4O3S/c1-5-13-10-8-12(15-11(14-10)9-19-3)16(2)6-7-20(4,17)18/h8H,5-7,9H2,1-4H3,(H,13,14,15). The van der Waals surface area contributed by atoms with Crippen LogP contribution >= 0.6 is 0 Å². The molecule has 0 bridgehead atoms. The van der Waals surface area contributed by atoms with Gasteiger partial charge in [-0.3, -0.25) is 0 Å². The van der Waals surface area contributed by atoms with Crippen LogP contribution in [0.25, 0.3) is 0 Å². The average Bonchev–Trinajstić information content (AvgIpc) is 2.35. The molecule has 0 spiro atoms. The maximum absolute atomic E-state index is 11.2. The SMILES string of the molecule is CCNc1cc(N(C)CCS(C)(=O)=O)nc(COC)n1. The molecule has 0 atom stereocenters. The Morgan fingerprint density at radius 1 is 1.40 bits per heavy atom. The van der Waals surface area contributed by atoms with Crippen LogP contribution < -0.4 is 10.2 Å². The topological polar surface area (TPSA) is 84.4 Å². The lowest BCUT2D eigenvalue weighted by Crippen LogP contribution is -2.26. The second kappa shape index (κ2) is 7.39. The first-order chi connectivity index (χ1) is 9.35. The quantitative estimate of drug-likeness (QED) is 0.750. The van der Waals surface area contributed by atoms with E-state index in [1.165, 1.54) is 6.26 Å². The Hall–Kier alpha value is -1.41. The van der Waals surface area contributed by atoms with Gasteiger partial charge in [0.15, 0.2) is 5.82 Å². The molecular formula is C12H22N4O3S. The monoisotopic (exact) mass is 302 g/mol. The molecule has 8 heteroatoms. The second-order valence-corrected chi connectivity index (χ2v) is 6.80. The summed E-state index contributed by atoms with van der Waals surface area (Å²) in [6, 6.07) is 1.80. The molecule has 0 fully saturated rings. The minimum Gasteiger partial charge on any atom is -0.377 e. The molecule has 1 rings (SSSR count). The van der Waals surface area contributed by atoms with E-state index in [9.17, 15) is 8.42 Å². The Labute approximate surface area is 120 Å². The molecule has 20 heavy (non-hydrogen) atoms. The fraction of sp³-hybridized carbons (Fsp3) is 0.667. The maximum atomic E-state index is 11.2. The van der Waals surface area contributed by atoms with Crippen molar-refractivity contribution >= 4 is 21.5 Å². The number of hydrogen-bond acceptors (Lipinski definition) is 7. The first-order valence-electron chi connectivity index (χ1n) is 6.35. The van der Waals surface area contributed by atoms with E-state index in [1.807, 2.05) is 6.92 Å². The Morgan fingerprint density at radius 3 is 2.65 bits per heavy atom. The van der Waals surface area contributed by atoms with E-state index in [2.05, 4.69) is 15.3 Å². The van der Waals surface area contributed by atoms with E-state index in [0.717, 1.165) is 6.54 Å². The summed E-state index contributed by atoms with van der Waals surface area (Å²) in [4.78, 5) is 10.5. The number of nitrogens with one attached hydrogen (secondary N) is 1. The summed E-state index contributed by atoms with van der Waals surface area (Å²) in [7, 11) is 0.392. The molecule has 1 N–H and O–H groups in total. The van der Waals surface area contributed by atoms with Crippen LogP contribution in [0.15, 0.2) is 6.07 Å². The zero-order valence-electron chi connectivity index (χ0n) is 12.4. The highest BCUT2D eigenvalue weighted by molar-refractivity contribution is 7.90. The van der Waals surface area contributed by atoms with Crippen molar-refractivity contribution in [3.8, 4) is 0 Å². The summed E-state index contributed by atoms with van der Waals surface area (Å²) in [6.07, 6.45) is 1.22. The van der Waals surface area contributed by atoms with Crippen LogP contribution in [0.5, 0.6) is 0 Å². The molecular weight excluding hydrogens is 280 g/mol. The molecule has 1 aromatic heterocycles. The lowest BCUT2D eigenvalue weighted by molar-refractivity contribution is 0.178. The minimum absolute atomic E-state index is 0.0870. The lowest BCUT2D eigenvalue weighted by Gasteiger charge is -2.19. The molecule has 0 saturated carbocycles. The van der Waals surface area contributed by atoms with E-state index in [0.29, 0.717) is 30.6 Å². The molecule has 0 unspecified atom stereocenters.